The number of hydrogen-bond donors (Lipinski definition) is 4. The molecule has 4 aromatic rings. The number of benzene rings is 1. The van der Waals surface area contributed by atoms with E-state index in [9.17, 15) is 9.59 Å². The minimum atomic E-state index is -0.257. The number of fused-ring (bicyclic) bond motifs is 2. The monoisotopic (exact) mass is 601 g/mol. The van der Waals surface area contributed by atoms with Crippen LogP contribution in [-0.2, 0) is 17.6 Å². The van der Waals surface area contributed by atoms with E-state index in [0.29, 0.717) is 41.3 Å². The molecule has 2 amide bonds. The molecule has 0 saturated heterocycles. The third-order valence-corrected chi connectivity index (χ3v) is 8.09. The van der Waals surface area contributed by atoms with Crippen LogP contribution in [0.2, 0.25) is 0 Å². The SMILES string of the molecule is CNC(=O)c1sc(-c2ccnc(NC(=O)CNCCNc3c4c(nc5ccccc35)CCCC4)c2)nc1OCC(C)(C)C. The number of thiazole rings is 1. The van der Waals surface area contributed by atoms with Crippen molar-refractivity contribution in [2.24, 2.45) is 5.41 Å². The summed E-state index contributed by atoms with van der Waals surface area (Å²) < 4.78 is 5.90. The van der Waals surface area contributed by atoms with Gasteiger partial charge >= 0.3 is 0 Å². The number of aryl methyl sites for hydroxylation is 1. The normalized spacial score (nSPS) is 12.9. The topological polar surface area (TPSA) is 130 Å². The highest BCUT2D eigenvalue weighted by Crippen LogP contribution is 2.35. The van der Waals surface area contributed by atoms with Crippen molar-refractivity contribution in [2.45, 2.75) is 46.5 Å². The van der Waals surface area contributed by atoms with Crippen molar-refractivity contribution in [3.05, 3.63) is 58.7 Å². The molecule has 226 valence electrons. The lowest BCUT2D eigenvalue weighted by Gasteiger charge is -2.21. The van der Waals surface area contributed by atoms with E-state index in [1.807, 2.05) is 12.1 Å². The molecule has 5 rings (SSSR count). The van der Waals surface area contributed by atoms with Gasteiger partial charge in [0.15, 0.2) is 4.88 Å². The number of hydrogen-bond acceptors (Lipinski definition) is 9. The third-order valence-electron chi connectivity index (χ3n) is 7.00. The Morgan fingerprint density at radius 3 is 2.67 bits per heavy atom. The second-order valence-electron chi connectivity index (χ2n) is 11.8. The van der Waals surface area contributed by atoms with E-state index in [-0.39, 0.29) is 23.8 Å². The number of rotatable bonds is 11. The molecule has 1 aromatic carbocycles. The first kappa shape index (κ1) is 30.4. The molecule has 0 atom stereocenters. The van der Waals surface area contributed by atoms with Gasteiger partial charge in [-0.15, -0.1) is 11.3 Å². The van der Waals surface area contributed by atoms with E-state index >= 15 is 0 Å². The van der Waals surface area contributed by atoms with E-state index in [1.54, 1.807) is 25.4 Å². The first-order valence-corrected chi connectivity index (χ1v) is 15.5. The van der Waals surface area contributed by atoms with E-state index in [4.69, 9.17) is 9.72 Å². The molecule has 0 spiro atoms. The molecule has 0 bridgehead atoms. The molecule has 0 fully saturated rings. The highest BCUT2D eigenvalue weighted by atomic mass is 32.1. The number of para-hydroxylation sites is 1. The standard InChI is InChI=1S/C32H39N7O3S/c1-32(2,3)19-42-30-28(29(41)33-4)43-31(39-30)20-13-14-35-25(17-20)38-26(40)18-34-15-16-36-27-21-9-5-7-11-23(21)37-24-12-8-6-10-22(24)27/h5,7,9,11,13-14,17,34H,6,8,10,12,15-16,18-19H2,1-4H3,(H,33,41)(H,36,37)(H,35,38,40). The van der Waals surface area contributed by atoms with Crippen molar-refractivity contribution in [1.29, 1.82) is 0 Å². The fourth-order valence-electron chi connectivity index (χ4n) is 4.94. The number of nitrogens with one attached hydrogen (secondary N) is 4. The Balaban J connectivity index is 1.17. The Morgan fingerprint density at radius 1 is 1.05 bits per heavy atom. The Bertz CT molecular complexity index is 1610. The van der Waals surface area contributed by atoms with Crippen LogP contribution in [0.5, 0.6) is 5.88 Å². The minimum absolute atomic E-state index is 0.0885. The first-order valence-electron chi connectivity index (χ1n) is 14.7. The molecule has 11 heteroatoms. The van der Waals surface area contributed by atoms with Crippen molar-refractivity contribution in [3.8, 4) is 16.5 Å². The van der Waals surface area contributed by atoms with Gasteiger partial charge in [0.2, 0.25) is 11.8 Å². The van der Waals surface area contributed by atoms with Gasteiger partial charge in [-0.05, 0) is 54.9 Å². The third kappa shape index (κ3) is 7.66. The van der Waals surface area contributed by atoms with E-state index in [0.717, 1.165) is 29.3 Å². The number of pyridine rings is 2. The number of anilines is 2. The van der Waals surface area contributed by atoms with Crippen LogP contribution in [0.4, 0.5) is 11.5 Å². The molecule has 43 heavy (non-hydrogen) atoms. The second-order valence-corrected chi connectivity index (χ2v) is 12.8. The Kier molecular flexibility index (Phi) is 9.52. The minimum Gasteiger partial charge on any atom is -0.476 e. The summed E-state index contributed by atoms with van der Waals surface area (Å²) in [4.78, 5) is 39.3. The maximum absolute atomic E-state index is 12.7. The highest BCUT2D eigenvalue weighted by Gasteiger charge is 2.22. The summed E-state index contributed by atoms with van der Waals surface area (Å²) in [6, 6.07) is 11.8. The maximum Gasteiger partial charge on any atom is 0.266 e. The molecule has 3 aromatic heterocycles. The van der Waals surface area contributed by atoms with Gasteiger partial charge in [0.1, 0.15) is 10.8 Å². The first-order chi connectivity index (χ1) is 20.7. The molecule has 3 heterocycles. The molecule has 1 aliphatic rings. The van der Waals surface area contributed by atoms with Crippen molar-refractivity contribution >= 4 is 45.6 Å². The summed E-state index contributed by atoms with van der Waals surface area (Å²) in [6.07, 6.45) is 6.03. The molecule has 0 unspecified atom stereocenters. The number of ether oxygens (including phenoxy) is 1. The average molecular weight is 602 g/mol. The summed E-state index contributed by atoms with van der Waals surface area (Å²) in [5.41, 5.74) is 5.35. The van der Waals surface area contributed by atoms with Crippen LogP contribution in [0, 0.1) is 5.41 Å². The quantitative estimate of drug-likeness (QED) is 0.176. The summed E-state index contributed by atoms with van der Waals surface area (Å²) >= 11 is 1.24. The summed E-state index contributed by atoms with van der Waals surface area (Å²) in [6.45, 7) is 8.02. The maximum atomic E-state index is 12.7. The summed E-state index contributed by atoms with van der Waals surface area (Å²) in [7, 11) is 1.58. The van der Waals surface area contributed by atoms with Gasteiger partial charge in [0.25, 0.3) is 5.91 Å². The molecule has 0 aliphatic heterocycles. The fraction of sp³-hybridized carbons (Fsp3) is 0.406. The van der Waals surface area contributed by atoms with E-state index < -0.39 is 0 Å². The number of aromatic nitrogens is 3. The predicted octanol–water partition coefficient (Wildman–Crippen LogP) is 5.06. The molecular weight excluding hydrogens is 562 g/mol. The molecule has 4 N–H and O–H groups in total. The van der Waals surface area contributed by atoms with Crippen LogP contribution in [0.25, 0.3) is 21.5 Å². The van der Waals surface area contributed by atoms with Crippen molar-refractivity contribution in [3.63, 3.8) is 0 Å². The Morgan fingerprint density at radius 2 is 1.86 bits per heavy atom. The van der Waals surface area contributed by atoms with Gasteiger partial charge in [-0.2, -0.15) is 0 Å². The predicted molar refractivity (Wildman–Crippen MR) is 172 cm³/mol. The van der Waals surface area contributed by atoms with Gasteiger partial charge in [-0.3, -0.25) is 14.6 Å². The smallest absolute Gasteiger partial charge is 0.266 e. The Labute approximate surface area is 256 Å². The zero-order valence-electron chi connectivity index (χ0n) is 25.2. The fourth-order valence-corrected chi connectivity index (χ4v) is 5.89. The van der Waals surface area contributed by atoms with E-state index in [1.165, 1.54) is 41.1 Å². The number of amides is 2. The van der Waals surface area contributed by atoms with Gasteiger partial charge in [-0.1, -0.05) is 39.0 Å². The summed E-state index contributed by atoms with van der Waals surface area (Å²) in [5.74, 6) is 0.254. The van der Waals surface area contributed by atoms with Crippen molar-refractivity contribution < 1.29 is 14.3 Å². The zero-order chi connectivity index (χ0) is 30.4. The number of carbonyl (C=O) groups is 2. The molecule has 10 nitrogen and oxygen atoms in total. The van der Waals surface area contributed by atoms with Gasteiger partial charge in [-0.25, -0.2) is 9.97 Å². The molecule has 1 aliphatic carbocycles. The van der Waals surface area contributed by atoms with E-state index in [2.05, 4.69) is 64.1 Å². The zero-order valence-corrected chi connectivity index (χ0v) is 26.0. The highest BCUT2D eigenvalue weighted by molar-refractivity contribution is 7.17. The van der Waals surface area contributed by atoms with Gasteiger partial charge < -0.3 is 26.0 Å². The van der Waals surface area contributed by atoms with Crippen molar-refractivity contribution in [1.82, 2.24) is 25.6 Å². The van der Waals surface area contributed by atoms with Crippen LogP contribution >= 0.6 is 11.3 Å². The lowest BCUT2D eigenvalue weighted by atomic mass is 9.92. The lowest BCUT2D eigenvalue weighted by molar-refractivity contribution is -0.115. The summed E-state index contributed by atoms with van der Waals surface area (Å²) in [5, 5.41) is 14.1. The lowest BCUT2D eigenvalue weighted by Crippen LogP contribution is -2.31. The average Bonchev–Trinajstić information content (AvgIpc) is 3.43. The van der Waals surface area contributed by atoms with Crippen LogP contribution in [0.1, 0.15) is 54.5 Å². The van der Waals surface area contributed by atoms with Gasteiger partial charge in [0, 0.05) is 48.7 Å². The Hall–Kier alpha value is -4.09. The second kappa shape index (κ2) is 13.5. The van der Waals surface area contributed by atoms with Gasteiger partial charge in [0.05, 0.1) is 18.7 Å². The van der Waals surface area contributed by atoms with Crippen LogP contribution in [0.3, 0.4) is 0 Å². The molecule has 0 saturated carbocycles. The van der Waals surface area contributed by atoms with Crippen LogP contribution in [0.15, 0.2) is 42.6 Å². The number of nitrogens with zero attached hydrogens (tertiary/aromatic N) is 3. The number of carbonyl (C=O) groups excluding carboxylic acids is 2. The molecular formula is C32H39N7O3S. The van der Waals surface area contributed by atoms with Crippen LogP contribution < -0.4 is 26.0 Å². The van der Waals surface area contributed by atoms with Crippen molar-refractivity contribution in [2.75, 3.05) is 43.9 Å². The largest absolute Gasteiger partial charge is 0.476 e. The molecule has 0 radical (unpaired) electrons. The van der Waals surface area contributed by atoms with Crippen LogP contribution in [-0.4, -0.2) is 60.1 Å².